The summed E-state index contributed by atoms with van der Waals surface area (Å²) >= 11 is 0. The van der Waals surface area contributed by atoms with Gasteiger partial charge in [0.25, 0.3) is 6.71 Å². The summed E-state index contributed by atoms with van der Waals surface area (Å²) in [4.78, 5) is 5.47. The second-order valence-electron chi connectivity index (χ2n) is 32.3. The Morgan fingerprint density at radius 2 is 0.555 bits per heavy atom. The van der Waals surface area contributed by atoms with Gasteiger partial charge in [0.05, 0.1) is 28.1 Å². The maximum Gasteiger partial charge on any atom is 0.252 e. The molecule has 0 bridgehead atoms. The van der Waals surface area contributed by atoms with Crippen molar-refractivity contribution in [3.8, 4) is 94.7 Å². The number of fused-ring (bicyclic) bond motifs is 5. The summed E-state index contributed by atoms with van der Waals surface area (Å²) in [6.07, 6.45) is 0. The average Bonchev–Trinajstić information content (AvgIpc) is 1.20. The van der Waals surface area contributed by atoms with Crippen LogP contribution >= 0.6 is 0 Å². The lowest BCUT2D eigenvalue weighted by atomic mass is 9.33. The minimum atomic E-state index is -0.271. The summed E-state index contributed by atoms with van der Waals surface area (Å²) in [5.41, 5.74) is 34.5. The third kappa shape index (κ3) is 10.4. The van der Waals surface area contributed by atoms with Gasteiger partial charge in [-0.3, -0.25) is 0 Å². The van der Waals surface area contributed by atoms with Gasteiger partial charge in [-0.1, -0.05) is 345 Å². The van der Waals surface area contributed by atoms with E-state index in [9.17, 15) is 0 Å². The minimum absolute atomic E-state index is 0.0254. The highest BCUT2D eigenvalue weighted by Gasteiger charge is 2.46. The van der Waals surface area contributed by atoms with Crippen LogP contribution < -0.4 is 26.2 Å². The molecule has 0 fully saturated rings. The molecule has 0 aliphatic carbocycles. The summed E-state index contributed by atoms with van der Waals surface area (Å²) in [6.45, 7) is 13.6. The molecule has 2 aliphatic rings. The lowest BCUT2D eigenvalue weighted by molar-refractivity contribution is 0.590. The molecule has 1 aromatic heterocycles. The lowest BCUT2D eigenvalue weighted by Crippen LogP contribution is -2.61. The molecule has 0 saturated carbocycles. The maximum atomic E-state index is 2.73. The molecule has 3 heterocycles. The normalized spacial score (nSPS) is 12.8. The number of hydrogen-bond acceptors (Lipinski definition) is 2. The largest absolute Gasteiger partial charge is 0.310 e. The first kappa shape index (κ1) is 65.1. The molecule has 18 aromatic carbocycles. The van der Waals surface area contributed by atoms with E-state index in [0.29, 0.717) is 0 Å². The van der Waals surface area contributed by atoms with E-state index < -0.39 is 0 Å². The Labute approximate surface area is 643 Å². The second-order valence-corrected chi connectivity index (χ2v) is 32.3. The standard InChI is InChI=1S/C106H78BN3/c1-105(2,3)81-51-43-69(44-52-81)77-47-55-90-94(63-77)109(103-86(71-31-17-9-18-32-71)59-79(67-27-13-7-14-28-67)60-87(103)72-33-19-10-20-34-72)96-65-83(108-92-57-49-75-39-25-41-84-85-42-26-40-76-50-58-93(108)101(99(76)85)100(92)98(75)84)66-97-102(96)107(90)91-56-48-78(70-45-53-82(54-46-70)106(4,5)6)64-95(91)110(97)104-88(73-35-21-11-22-36-73)61-80(68-29-15-8-16-30-68)62-89(104)74-37-23-12-24-38-74/h7-66H,1-6H3. The monoisotopic (exact) mass is 1400 g/mol. The van der Waals surface area contributed by atoms with Gasteiger partial charge in [-0.15, -0.1) is 0 Å². The Morgan fingerprint density at radius 3 is 0.891 bits per heavy atom. The lowest BCUT2D eigenvalue weighted by Gasteiger charge is -2.46. The van der Waals surface area contributed by atoms with Crippen molar-refractivity contribution in [3.05, 3.63) is 375 Å². The molecule has 4 heteroatoms. The van der Waals surface area contributed by atoms with Gasteiger partial charge in [0, 0.05) is 55.8 Å². The predicted molar refractivity (Wildman–Crippen MR) is 471 cm³/mol. The van der Waals surface area contributed by atoms with Crippen LogP contribution in [0.3, 0.4) is 0 Å². The van der Waals surface area contributed by atoms with Crippen molar-refractivity contribution in [2.24, 2.45) is 0 Å². The number of anilines is 6. The van der Waals surface area contributed by atoms with Gasteiger partial charge in [0.1, 0.15) is 0 Å². The molecule has 520 valence electrons. The number of benzene rings is 18. The van der Waals surface area contributed by atoms with E-state index >= 15 is 0 Å². The van der Waals surface area contributed by atoms with Crippen molar-refractivity contribution in [2.75, 3.05) is 9.80 Å². The summed E-state index contributed by atoms with van der Waals surface area (Å²) in [7, 11) is 0. The van der Waals surface area contributed by atoms with Crippen molar-refractivity contribution in [1.82, 2.24) is 4.57 Å². The molecule has 19 aromatic rings. The van der Waals surface area contributed by atoms with E-state index in [-0.39, 0.29) is 17.5 Å². The molecular formula is C106H78BN3. The topological polar surface area (TPSA) is 11.4 Å². The van der Waals surface area contributed by atoms with E-state index in [0.717, 1.165) is 118 Å². The Balaban J connectivity index is 0.970. The third-order valence-electron chi connectivity index (χ3n) is 23.8. The van der Waals surface area contributed by atoms with Crippen molar-refractivity contribution in [3.63, 3.8) is 0 Å². The number of hydrogen-bond donors (Lipinski definition) is 0. The first-order valence-corrected chi connectivity index (χ1v) is 38.7. The van der Waals surface area contributed by atoms with Gasteiger partial charge in [0.2, 0.25) is 0 Å². The van der Waals surface area contributed by atoms with Crippen LogP contribution in [-0.2, 0) is 10.8 Å². The highest BCUT2D eigenvalue weighted by atomic mass is 15.2. The van der Waals surface area contributed by atoms with Gasteiger partial charge < -0.3 is 14.4 Å². The zero-order valence-electron chi connectivity index (χ0n) is 62.6. The molecule has 0 saturated heterocycles. The maximum absolute atomic E-state index is 2.73. The average molecular weight is 1400 g/mol. The SMILES string of the molecule is CC(C)(C)c1ccc(-c2ccc3c(c2)N(c2c(-c4ccccc4)cc(-c4ccccc4)cc2-c2ccccc2)c2cc(-n4c5ccc6cccc7c8cccc9ccc4c(c98)c5c67)cc4c2B3c2ccc(-c3ccc(C(C)(C)C)cc3)cc2N4c2c(-c3ccccc3)cc(-c3ccccc3)cc2-c2ccccc2)cc1. The van der Waals surface area contributed by atoms with Crippen LogP contribution in [0.25, 0.3) is 149 Å². The molecular weight excluding hydrogens is 1330 g/mol. The van der Waals surface area contributed by atoms with Gasteiger partial charge in [-0.2, -0.15) is 0 Å². The van der Waals surface area contributed by atoms with Gasteiger partial charge in [0.15, 0.2) is 0 Å². The van der Waals surface area contributed by atoms with Crippen LogP contribution in [0.15, 0.2) is 364 Å². The molecule has 110 heavy (non-hydrogen) atoms. The minimum Gasteiger partial charge on any atom is -0.310 e. The van der Waals surface area contributed by atoms with E-state index in [1.807, 2.05) is 0 Å². The summed E-state index contributed by atoms with van der Waals surface area (Å²) < 4.78 is 2.64. The van der Waals surface area contributed by atoms with Crippen LogP contribution in [0.4, 0.5) is 34.1 Å². The molecule has 0 radical (unpaired) electrons. The number of aromatic nitrogens is 1. The Bertz CT molecular complexity index is 6270. The zero-order chi connectivity index (χ0) is 73.7. The fourth-order valence-corrected chi connectivity index (χ4v) is 18.4. The molecule has 0 N–H and O–H groups in total. The Hall–Kier alpha value is -13.3. The third-order valence-corrected chi connectivity index (χ3v) is 23.8. The smallest absolute Gasteiger partial charge is 0.252 e. The van der Waals surface area contributed by atoms with Gasteiger partial charge >= 0.3 is 0 Å². The first-order valence-electron chi connectivity index (χ1n) is 38.7. The highest BCUT2D eigenvalue weighted by Crippen LogP contribution is 2.57. The first-order chi connectivity index (χ1) is 53.8. The summed E-state index contributed by atoms with van der Waals surface area (Å²) in [5.74, 6) is 0. The fraction of sp³-hybridized carbons (Fsp3) is 0.0755. The van der Waals surface area contributed by atoms with Crippen molar-refractivity contribution in [2.45, 2.75) is 52.4 Å². The van der Waals surface area contributed by atoms with E-state index in [4.69, 9.17) is 0 Å². The molecule has 0 atom stereocenters. The Morgan fingerprint density at radius 1 is 0.236 bits per heavy atom. The predicted octanol–water partition coefficient (Wildman–Crippen LogP) is 27.1. The molecule has 0 unspecified atom stereocenters. The van der Waals surface area contributed by atoms with Crippen LogP contribution in [0.1, 0.15) is 52.7 Å². The molecule has 21 rings (SSSR count). The van der Waals surface area contributed by atoms with Crippen LogP contribution in [0.2, 0.25) is 0 Å². The van der Waals surface area contributed by atoms with Crippen LogP contribution in [0.5, 0.6) is 0 Å². The molecule has 0 spiro atoms. The van der Waals surface area contributed by atoms with Crippen LogP contribution in [0, 0.1) is 0 Å². The van der Waals surface area contributed by atoms with E-state index in [2.05, 4.69) is 420 Å². The van der Waals surface area contributed by atoms with Crippen molar-refractivity contribution < 1.29 is 0 Å². The second kappa shape index (κ2) is 25.2. The van der Waals surface area contributed by atoms with Gasteiger partial charge in [-0.25, -0.2) is 0 Å². The van der Waals surface area contributed by atoms with E-state index in [1.165, 1.54) is 92.8 Å². The molecule has 2 aliphatic heterocycles. The zero-order valence-corrected chi connectivity index (χ0v) is 62.6. The quantitative estimate of drug-likeness (QED) is 0.0726. The summed E-state index contributed by atoms with van der Waals surface area (Å²) in [6, 6.07) is 139. The van der Waals surface area contributed by atoms with E-state index in [1.54, 1.807) is 0 Å². The molecule has 3 nitrogen and oxygen atoms in total. The van der Waals surface area contributed by atoms with Crippen LogP contribution in [-0.4, -0.2) is 11.3 Å². The van der Waals surface area contributed by atoms with Crippen molar-refractivity contribution in [1.29, 1.82) is 0 Å². The summed E-state index contributed by atoms with van der Waals surface area (Å²) in [5, 5.41) is 10.2. The number of nitrogens with zero attached hydrogens (tertiary/aromatic N) is 3. The number of rotatable bonds is 11. The Kier molecular flexibility index (Phi) is 14.9. The highest BCUT2D eigenvalue weighted by molar-refractivity contribution is 7.00. The van der Waals surface area contributed by atoms with Gasteiger partial charge in [-0.05, 0) is 198 Å². The molecule has 0 amide bonds. The van der Waals surface area contributed by atoms with Crippen molar-refractivity contribution >= 4 is 111 Å². The fourth-order valence-electron chi connectivity index (χ4n) is 18.4.